The summed E-state index contributed by atoms with van der Waals surface area (Å²) >= 11 is 0. The largest absolute Gasteiger partial charge is 0.459 e. The van der Waals surface area contributed by atoms with Crippen LogP contribution in [0.25, 0.3) is 0 Å². The lowest BCUT2D eigenvalue weighted by Crippen LogP contribution is -2.59. The molecule has 2 unspecified atom stereocenters. The average molecular weight is 817 g/mol. The normalized spacial score (nSPS) is 27.9. The lowest BCUT2D eigenvalue weighted by molar-refractivity contribution is -0.157. The van der Waals surface area contributed by atoms with Crippen LogP contribution in [0.2, 0.25) is 0 Å². The van der Waals surface area contributed by atoms with Crippen LogP contribution in [0.5, 0.6) is 0 Å². The Bertz CT molecular complexity index is 2040. The lowest BCUT2D eigenvalue weighted by Gasteiger charge is -2.32. The maximum absolute atomic E-state index is 14.6. The van der Waals surface area contributed by atoms with Crippen molar-refractivity contribution in [2.45, 2.75) is 119 Å². The zero-order valence-corrected chi connectivity index (χ0v) is 32.5. The van der Waals surface area contributed by atoms with Crippen LogP contribution in [0.4, 0.5) is 14.0 Å². The molecule has 0 radical (unpaired) electrons. The molecule has 5 fully saturated rings. The fourth-order valence-electron chi connectivity index (χ4n) is 7.89. The second-order valence-corrected chi connectivity index (χ2v) is 18.4. The van der Waals surface area contributed by atoms with Gasteiger partial charge in [-0.25, -0.2) is 27.2 Å². The molecular weight excluding hydrogens is 772 g/mol. The number of alkyl carbamates (subject to hydrolysis) is 1. The molecule has 1 aromatic carbocycles. The van der Waals surface area contributed by atoms with Crippen LogP contribution in [-0.4, -0.2) is 125 Å². The van der Waals surface area contributed by atoms with Gasteiger partial charge in [0.25, 0.3) is 5.91 Å². The number of hydrogen-bond acceptors (Lipinski definition) is 12. The van der Waals surface area contributed by atoms with Crippen molar-refractivity contribution in [3.63, 3.8) is 0 Å². The van der Waals surface area contributed by atoms with Gasteiger partial charge in [0.15, 0.2) is 0 Å². The molecule has 0 spiro atoms. The van der Waals surface area contributed by atoms with Crippen LogP contribution < -0.4 is 15.4 Å². The summed E-state index contributed by atoms with van der Waals surface area (Å²) in [5.74, 6) is -5.21. The number of esters is 1. The molecule has 20 heteroatoms. The van der Waals surface area contributed by atoms with Gasteiger partial charge in [0.05, 0.1) is 31.3 Å². The number of morpholine rings is 1. The molecule has 3 saturated heterocycles. The molecule has 6 amide bonds. The Labute approximate surface area is 327 Å². The predicted molar refractivity (Wildman–Crippen MR) is 193 cm³/mol. The van der Waals surface area contributed by atoms with E-state index in [1.54, 1.807) is 26.8 Å². The zero-order chi connectivity index (χ0) is 41.2. The summed E-state index contributed by atoms with van der Waals surface area (Å²) in [4.78, 5) is 98.3. The van der Waals surface area contributed by atoms with Crippen molar-refractivity contribution in [3.8, 4) is 0 Å². The number of carbonyl (C=O) groups excluding carboxylic acids is 7. The molecule has 4 heterocycles. The van der Waals surface area contributed by atoms with Crippen LogP contribution in [0, 0.1) is 11.7 Å². The first kappa shape index (κ1) is 39.9. The molecule has 2 aliphatic carbocycles. The number of rotatable bonds is 11. The third-order valence-electron chi connectivity index (χ3n) is 11.1. The SMILES string of the molecule is C=C[C@@H]1C[C@]1(NC(=O)[C@@H]1CC(OC(=O)N2Cc3cccc(F)c3C2)CN1C(=O)[C@H](CC(=O)N1C[C@H]2CC1C(=O)O2)NC(=O)OC(C)(C)C)C(=O)NS(=O)(=O)C1CC1. The summed E-state index contributed by atoms with van der Waals surface area (Å²) in [7, 11) is -4.01. The average Bonchev–Trinajstić information content (AvgIpc) is 3.88. The van der Waals surface area contributed by atoms with Gasteiger partial charge in [-0.3, -0.25) is 28.8 Å². The predicted octanol–water partition coefficient (Wildman–Crippen LogP) is 0.726. The van der Waals surface area contributed by atoms with Gasteiger partial charge >= 0.3 is 18.2 Å². The number of nitrogens with one attached hydrogen (secondary N) is 3. The van der Waals surface area contributed by atoms with Crippen LogP contribution in [0.1, 0.15) is 70.4 Å². The van der Waals surface area contributed by atoms with Gasteiger partial charge in [-0.2, -0.15) is 0 Å². The maximum Gasteiger partial charge on any atom is 0.410 e. The first-order valence-corrected chi connectivity index (χ1v) is 20.4. The fraction of sp³-hybridized carbons (Fsp3) is 0.595. The van der Waals surface area contributed by atoms with E-state index < -0.39 is 123 Å². The van der Waals surface area contributed by atoms with Crippen molar-refractivity contribution >= 4 is 51.8 Å². The van der Waals surface area contributed by atoms with E-state index >= 15 is 0 Å². The Kier molecular flexibility index (Phi) is 10.2. The van der Waals surface area contributed by atoms with Crippen LogP contribution in [-0.2, 0) is 61.3 Å². The van der Waals surface area contributed by atoms with E-state index in [1.165, 1.54) is 28.0 Å². The quantitative estimate of drug-likeness (QED) is 0.160. The number of likely N-dealkylation sites (tertiary alicyclic amines) is 2. The van der Waals surface area contributed by atoms with Gasteiger partial charge in [-0.15, -0.1) is 6.58 Å². The van der Waals surface area contributed by atoms with Crippen molar-refractivity contribution in [1.29, 1.82) is 0 Å². The van der Waals surface area contributed by atoms with Gasteiger partial charge in [0.1, 0.15) is 47.3 Å². The molecule has 308 valence electrons. The minimum absolute atomic E-state index is 0.0111. The molecule has 0 aromatic heterocycles. The first-order chi connectivity index (χ1) is 26.8. The summed E-state index contributed by atoms with van der Waals surface area (Å²) in [5.41, 5.74) is -1.82. The lowest BCUT2D eigenvalue weighted by atomic mass is 10.1. The Morgan fingerprint density at radius 2 is 1.82 bits per heavy atom. The standard InChI is InChI=1S/C37H45FN6O12S/c1-5-20-14-37(20,33(49)41-57(52,53)23-9-10-23)40-30(46)27-11-22(55-35(51)42-15-19-7-6-8-25(38)24(19)18-42)17-44(27)31(47)26(39-34(50)56-36(2,3)4)13-29(45)43-16-21-12-28(43)32(48)54-21/h5-8,20-23,26-28H,1,9-18H2,2-4H3,(H,39,50)(H,40,46)(H,41,49)/t20-,21-,22?,26+,27+,28?,37-/m1/s1. The van der Waals surface area contributed by atoms with E-state index in [4.69, 9.17) is 14.2 Å². The highest BCUT2D eigenvalue weighted by Gasteiger charge is 2.62. The number of benzene rings is 1. The van der Waals surface area contributed by atoms with Crippen LogP contribution in [0.15, 0.2) is 30.9 Å². The third kappa shape index (κ3) is 8.13. The molecule has 57 heavy (non-hydrogen) atoms. The van der Waals surface area contributed by atoms with Crippen molar-refractivity contribution < 1.29 is 60.6 Å². The topological polar surface area (TPSA) is 227 Å². The third-order valence-corrected chi connectivity index (χ3v) is 12.9. The smallest absolute Gasteiger partial charge is 0.410 e. The van der Waals surface area contributed by atoms with Crippen molar-refractivity contribution in [2.24, 2.45) is 5.92 Å². The van der Waals surface area contributed by atoms with E-state index in [9.17, 15) is 46.4 Å². The fourth-order valence-corrected chi connectivity index (χ4v) is 9.25. The Morgan fingerprint density at radius 1 is 1.09 bits per heavy atom. The number of amides is 6. The summed E-state index contributed by atoms with van der Waals surface area (Å²) in [6.07, 6.45) is -2.05. The van der Waals surface area contributed by atoms with Gasteiger partial charge in [-0.1, -0.05) is 18.2 Å². The van der Waals surface area contributed by atoms with E-state index in [-0.39, 0.29) is 38.9 Å². The van der Waals surface area contributed by atoms with E-state index in [0.717, 1.165) is 4.90 Å². The molecule has 1 aromatic rings. The summed E-state index contributed by atoms with van der Waals surface area (Å²) in [5, 5.41) is 4.33. The summed E-state index contributed by atoms with van der Waals surface area (Å²) in [6.45, 7) is 8.11. The molecular formula is C37H45FN6O12S. The second-order valence-electron chi connectivity index (χ2n) is 16.4. The Morgan fingerprint density at radius 3 is 2.44 bits per heavy atom. The highest BCUT2D eigenvalue weighted by Crippen LogP contribution is 2.45. The number of carbonyl (C=O) groups is 7. The van der Waals surface area contributed by atoms with E-state index in [2.05, 4.69) is 21.9 Å². The molecule has 2 bridgehead atoms. The van der Waals surface area contributed by atoms with Gasteiger partial charge in [0.2, 0.25) is 27.7 Å². The van der Waals surface area contributed by atoms with Gasteiger partial charge in [-0.05, 0) is 51.7 Å². The molecule has 18 nitrogen and oxygen atoms in total. The highest BCUT2D eigenvalue weighted by molar-refractivity contribution is 7.91. The van der Waals surface area contributed by atoms with Crippen LogP contribution >= 0.6 is 0 Å². The molecule has 7 rings (SSSR count). The van der Waals surface area contributed by atoms with Gasteiger partial charge < -0.3 is 34.6 Å². The number of sulfonamides is 1. The number of halogens is 1. The maximum atomic E-state index is 14.6. The Hall–Kier alpha value is -5.27. The molecule has 2 saturated carbocycles. The number of ether oxygens (including phenoxy) is 3. The van der Waals surface area contributed by atoms with Crippen molar-refractivity contribution in [1.82, 2.24) is 30.1 Å². The number of hydrogen-bond donors (Lipinski definition) is 3. The molecule has 4 aliphatic heterocycles. The minimum Gasteiger partial charge on any atom is -0.459 e. The van der Waals surface area contributed by atoms with Crippen LogP contribution in [0.3, 0.4) is 0 Å². The van der Waals surface area contributed by atoms with E-state index in [0.29, 0.717) is 24.0 Å². The monoisotopic (exact) mass is 816 g/mol. The number of fused-ring (bicyclic) bond motifs is 3. The highest BCUT2D eigenvalue weighted by atomic mass is 32.2. The first-order valence-electron chi connectivity index (χ1n) is 18.8. The second kappa shape index (κ2) is 14.6. The number of nitrogens with zero attached hydrogens (tertiary/aromatic N) is 3. The molecule has 7 atom stereocenters. The van der Waals surface area contributed by atoms with Crippen molar-refractivity contribution in [3.05, 3.63) is 47.8 Å². The van der Waals surface area contributed by atoms with E-state index in [1.807, 2.05) is 0 Å². The van der Waals surface area contributed by atoms with Gasteiger partial charge in [0, 0.05) is 30.9 Å². The van der Waals surface area contributed by atoms with Crippen molar-refractivity contribution in [2.75, 3.05) is 13.1 Å². The molecule has 6 aliphatic rings. The Balaban J connectivity index is 1.14. The zero-order valence-electron chi connectivity index (χ0n) is 31.7. The summed E-state index contributed by atoms with van der Waals surface area (Å²) in [6, 6.07) is 0.495. The summed E-state index contributed by atoms with van der Waals surface area (Å²) < 4.78 is 58.3. The minimum atomic E-state index is -4.01. The molecule has 3 N–H and O–H groups in total.